The fourth-order valence-corrected chi connectivity index (χ4v) is 17.3. The van der Waals surface area contributed by atoms with Gasteiger partial charge in [0.15, 0.2) is 58.7 Å². The first-order chi connectivity index (χ1) is 68.7. The Hall–Kier alpha value is -17.2. The fourth-order valence-electron chi connectivity index (χ4n) is 15.9. The van der Waals surface area contributed by atoms with Crippen molar-refractivity contribution in [3.63, 3.8) is 0 Å². The summed E-state index contributed by atoms with van der Waals surface area (Å²) in [7, 11) is 1.31. The Labute approximate surface area is 828 Å². The monoisotopic (exact) mass is 1930 g/mol. The van der Waals surface area contributed by atoms with E-state index in [1.54, 1.807) is 58.9 Å². The highest BCUT2D eigenvalue weighted by atomic mass is 32.1. The van der Waals surface area contributed by atoms with E-state index in [0.29, 0.717) is 56.8 Å². The van der Waals surface area contributed by atoms with Crippen LogP contribution in [0.25, 0.3) is 82.4 Å². The Balaban J connectivity index is 0.000000143. The second-order valence-electron chi connectivity index (χ2n) is 33.1. The van der Waals surface area contributed by atoms with Gasteiger partial charge in [-0.2, -0.15) is 8.75 Å². The lowest BCUT2D eigenvalue weighted by Crippen LogP contribution is -2.22. The first kappa shape index (κ1) is 101. The zero-order chi connectivity index (χ0) is 101. The average molecular weight is 1930 g/mol. The number of azide groups is 1. The van der Waals surface area contributed by atoms with Crippen molar-refractivity contribution in [3.8, 4) is 16.8 Å². The number of hydrogen-bond donors (Lipinski definition) is 1. The summed E-state index contributed by atoms with van der Waals surface area (Å²) >= 11 is 2.51. The number of nitrogens with one attached hydrogen (secondary N) is 1. The number of aliphatic imine (C=N–C) groups is 2. The number of anilines is 1. The minimum absolute atomic E-state index is 0. The van der Waals surface area contributed by atoms with Crippen LogP contribution < -0.4 is 10.9 Å². The van der Waals surface area contributed by atoms with Crippen molar-refractivity contribution < 1.29 is 25.3 Å². The molecule has 1 N–H and O–H groups in total. The van der Waals surface area contributed by atoms with Gasteiger partial charge in [0.1, 0.15) is 51.0 Å². The lowest BCUT2D eigenvalue weighted by molar-refractivity contribution is -0.133. The first-order valence-corrected chi connectivity index (χ1v) is 47.5. The van der Waals surface area contributed by atoms with Crippen LogP contribution in [0, 0.1) is 51.7 Å². The van der Waals surface area contributed by atoms with E-state index < -0.39 is 5.97 Å². The van der Waals surface area contributed by atoms with Gasteiger partial charge < -0.3 is 10.1 Å². The van der Waals surface area contributed by atoms with Gasteiger partial charge in [-0.15, -0.1) is 25.5 Å². The molecule has 18 aromatic rings. The number of carbonyl (C=O) groups is 4. The third kappa shape index (κ3) is 23.6. The van der Waals surface area contributed by atoms with Crippen LogP contribution in [0.15, 0.2) is 221 Å². The summed E-state index contributed by atoms with van der Waals surface area (Å²) in [4.78, 5) is 92.7. The van der Waals surface area contributed by atoms with Crippen molar-refractivity contribution in [3.05, 3.63) is 335 Å². The molecule has 2 aliphatic heterocycles. The molecule has 0 aliphatic carbocycles. The molecule has 5 unspecified atom stereocenters. The highest BCUT2D eigenvalue weighted by Gasteiger charge is 2.28. The highest BCUT2D eigenvalue weighted by molar-refractivity contribution is 7.10. The van der Waals surface area contributed by atoms with Gasteiger partial charge in [-0.1, -0.05) is 132 Å². The average Bonchev–Trinajstić information content (AvgIpc) is 1.61. The van der Waals surface area contributed by atoms with Crippen LogP contribution >= 0.6 is 23.1 Å². The number of aryl methyl sites for hydroxylation is 5. The SMILES string of the molecule is CC(N=[N+]=[N-])c1ccc2c(c1)C=[C+]C=N2.CCC#CC(=O)OC.CCc1c(C(C)=O)nnn1C(C)c1ccc2c(c1)C=[C+]C=N2.CCc1c(C)nnn1C(C)c1ccc2ncccc2c1.CCc1nnn(C(C)c2ccc3ncccc3c2)c1C(C)=O.Cc1cc(-n2cnc3nnn([C@@H](C)c4ccc5ncccc5c4)c3c2=O)sn1.Cc1cc(NC(=O)c2c(C)nnn2C(C)c2ccc3ncccc3c2)sn1.[2HH]. The first-order valence-electron chi connectivity index (χ1n) is 45.9. The van der Waals surface area contributed by atoms with Gasteiger partial charge in [0, 0.05) is 91.0 Å². The van der Waals surface area contributed by atoms with Gasteiger partial charge in [-0.25, -0.2) is 43.2 Å². The van der Waals surface area contributed by atoms with E-state index in [-0.39, 0.29) is 60.7 Å². The molecule has 35 nitrogen and oxygen atoms in total. The van der Waals surface area contributed by atoms with E-state index in [1.165, 1.54) is 59.3 Å². The summed E-state index contributed by atoms with van der Waals surface area (Å²) in [5.74, 6) is 4.09. The Kier molecular flexibility index (Phi) is 33.2. The Morgan fingerprint density at radius 3 is 1.43 bits per heavy atom. The number of ketones is 2. The zero-order valence-electron chi connectivity index (χ0n) is 81.4. The van der Waals surface area contributed by atoms with Crippen molar-refractivity contribution in [2.45, 2.75) is 173 Å². The van der Waals surface area contributed by atoms with E-state index in [2.05, 4.69) is 209 Å². The molecule has 0 saturated heterocycles. The molecule has 142 heavy (non-hydrogen) atoms. The predicted molar refractivity (Wildman–Crippen MR) is 554 cm³/mol. The van der Waals surface area contributed by atoms with E-state index >= 15 is 0 Å². The van der Waals surface area contributed by atoms with Crippen molar-refractivity contribution in [2.24, 2.45) is 15.1 Å². The topological polar surface area (TPSA) is 429 Å². The molecule has 0 fully saturated rings. The van der Waals surface area contributed by atoms with Crippen LogP contribution in [0.2, 0.25) is 0 Å². The molecular weight excluding hydrogens is 1830 g/mol. The third-order valence-corrected chi connectivity index (χ3v) is 25.2. The summed E-state index contributed by atoms with van der Waals surface area (Å²) in [5, 5.41) is 54.0. The van der Waals surface area contributed by atoms with Crippen molar-refractivity contribution in [2.75, 3.05) is 12.4 Å². The molecule has 0 bridgehead atoms. The largest absolute Gasteiger partial charge is 0.459 e. The molecule has 716 valence electrons. The number of carbonyl (C=O) groups excluding carboxylic acids is 4. The molecule has 0 spiro atoms. The summed E-state index contributed by atoms with van der Waals surface area (Å²) < 4.78 is 23.0. The number of esters is 1. The Morgan fingerprint density at radius 2 is 0.951 bits per heavy atom. The number of aromatic nitrogens is 23. The Bertz CT molecular complexity index is 7980. The number of amides is 1. The molecule has 2 aliphatic rings. The van der Waals surface area contributed by atoms with Gasteiger partial charge in [0.25, 0.3) is 11.5 Å². The quantitative estimate of drug-likeness (QED) is 0.0108. The standard InChI is InChI=1S/C19H15N7OS.C19H18N6OS.C17H17N4O.C17H18N4O.C16H18N4.C11H9N4.C6H8O2.H2/c1-11-8-16(28-23-11)25-10-21-18-17(19(25)27)26(24-22-18)12(2)13-5-6-15-14(9-13)4-3-7-20-15;1-11-9-17(27-23-11)21-19(26)18-12(2)22-24-25(18)13(3)14-6-7-16-15(10-14)5-4-8-20-16;1-4-16-17(12(3)22)19-20-21(16)11(2)13-7-8-15-14(10-13)6-5-9-18-15;1-4-15-17(12(3)22)21(20-19-15)11(2)13-7-8-16-14(10-13)6-5-9-18-16;1-4-16-11(2)18-19-20(16)12(3)13-7-8-15-14(10-13)6-5-9-17-15;1-8(14-15-12)9-4-5-11-10(7-9)3-2-6-13-11;1-3-4-5-6(7)8-2;/h3-10,12H,1-2H3;4-10,13H,1-3H3,(H,21,26);6-11H,4H2,1-3H3;5-11H,4H2,1-3H3;5-10,12H,4H2,1-3H3;3-8H,1H3;3H2,1-2H3;1H/q;;+1;;;+1;;/t12-;;;;;;;/m0......./s1/i;;;;;;;1+1. The number of rotatable bonds is 20. The number of benzene rings is 6. The minimum Gasteiger partial charge on any atom is -0.459 e. The smallest absolute Gasteiger partial charge is 0.384 e. The molecule has 6 aromatic carbocycles. The number of pyridine rings is 4. The maximum Gasteiger partial charge on any atom is 0.384 e. The summed E-state index contributed by atoms with van der Waals surface area (Å²) in [5.41, 5.74) is 30.7. The zero-order valence-corrected chi connectivity index (χ0v) is 83.1. The molecule has 0 radical (unpaired) electrons. The van der Waals surface area contributed by atoms with Crippen LogP contribution in [0.3, 0.4) is 0 Å². The number of allylic oxidation sites excluding steroid dienone is 2. The molecule has 37 heteroatoms. The lowest BCUT2D eigenvalue weighted by Gasteiger charge is -2.15. The van der Waals surface area contributed by atoms with Crippen molar-refractivity contribution in [1.82, 2.24) is 113 Å². The second kappa shape index (κ2) is 46.8. The van der Waals surface area contributed by atoms with E-state index in [1.807, 2.05) is 218 Å². The van der Waals surface area contributed by atoms with Crippen LogP contribution in [-0.4, -0.2) is 156 Å². The van der Waals surface area contributed by atoms with Gasteiger partial charge in [-0.3, -0.25) is 43.7 Å². The van der Waals surface area contributed by atoms with E-state index in [4.69, 9.17) is 5.53 Å². The molecule has 0 saturated carbocycles. The van der Waals surface area contributed by atoms with Gasteiger partial charge >= 0.3 is 5.97 Å². The van der Waals surface area contributed by atoms with Crippen molar-refractivity contribution in [1.29, 1.82) is 0 Å². The summed E-state index contributed by atoms with van der Waals surface area (Å²) in [6, 6.07) is 55.6. The van der Waals surface area contributed by atoms with Crippen LogP contribution in [0.5, 0.6) is 0 Å². The molecule has 20 rings (SSSR count). The van der Waals surface area contributed by atoms with Gasteiger partial charge in [0.05, 0.1) is 105 Å². The third-order valence-electron chi connectivity index (χ3n) is 23.6. The van der Waals surface area contributed by atoms with Gasteiger partial charge in [-0.05, 0) is 241 Å². The van der Waals surface area contributed by atoms with Crippen LogP contribution in [0.1, 0.15) is 243 Å². The number of nitrogens with zero attached hydrogens (tertiary/aromatic N) is 28. The fraction of sp³-hybridized carbons (Fsp3) is 0.257. The second-order valence-corrected chi connectivity index (χ2v) is 34.7. The number of ether oxygens (including phenoxy) is 1. The molecular formula is C105H105N29O6S2+2. The normalized spacial score (nSPS) is 12.5. The minimum atomic E-state index is -0.466. The number of methoxy groups -OCH3 is 1. The predicted octanol–water partition coefficient (Wildman–Crippen LogP) is 20.8. The summed E-state index contributed by atoms with van der Waals surface area (Å²) in [6.45, 7) is 30.7. The van der Waals surface area contributed by atoms with Crippen LogP contribution in [-0.2, 0) is 28.8 Å². The molecule has 1 amide bonds. The van der Waals surface area contributed by atoms with Crippen molar-refractivity contribution >= 4 is 142 Å². The maximum absolute atomic E-state index is 13.2. The molecule has 14 heterocycles. The maximum atomic E-state index is 13.2. The Morgan fingerprint density at radius 1 is 0.500 bits per heavy atom. The summed E-state index contributed by atoms with van der Waals surface area (Å²) in [6.07, 6.45) is 24.7. The number of Topliss-reactive ketones (excluding diaryl/α,β-unsaturated/α-hetero) is 2. The lowest BCUT2D eigenvalue weighted by atomic mass is 10.0. The van der Waals surface area contributed by atoms with E-state index in [0.717, 1.165) is 135 Å². The van der Waals surface area contributed by atoms with Gasteiger partial charge in [0.2, 0.25) is 5.65 Å². The molecule has 6 atom stereocenters. The number of fused-ring (bicyclic) bond motifs is 7. The molecule has 12 aromatic heterocycles. The number of hydrogen-bond acceptors (Lipinski definition) is 28. The highest BCUT2D eigenvalue weighted by Crippen LogP contribution is 2.34. The van der Waals surface area contributed by atoms with Crippen LogP contribution in [0.4, 0.5) is 16.4 Å². The van der Waals surface area contributed by atoms with E-state index in [9.17, 15) is 24.0 Å².